The molecule has 1 aliphatic rings. The Morgan fingerprint density at radius 1 is 1.75 bits per heavy atom. The Kier molecular flexibility index (Phi) is 2.92. The highest BCUT2D eigenvalue weighted by Gasteiger charge is 2.32. The second-order valence-electron chi connectivity index (χ2n) is 3.36. The number of rotatable bonds is 2. The van der Waals surface area contributed by atoms with E-state index < -0.39 is 0 Å². The molecule has 4 heteroatoms. The largest absolute Gasteiger partial charge is 0.338 e. The molecule has 1 atom stereocenters. The standard InChI is InChI=1S/C8H17N3O/c1-3-10-8(12)11-4-7(5-11)6(2)9/h6-7H,3-5,9H2,1-2H3,(H,10,12). The van der Waals surface area contributed by atoms with Crippen molar-refractivity contribution in [1.82, 2.24) is 10.2 Å². The van der Waals surface area contributed by atoms with Gasteiger partial charge in [0.1, 0.15) is 0 Å². The van der Waals surface area contributed by atoms with Crippen LogP contribution in [0.3, 0.4) is 0 Å². The molecule has 0 saturated carbocycles. The lowest BCUT2D eigenvalue weighted by Crippen LogP contribution is -2.58. The van der Waals surface area contributed by atoms with E-state index in [1.807, 2.05) is 13.8 Å². The first-order valence-corrected chi connectivity index (χ1v) is 4.43. The molecular weight excluding hydrogens is 154 g/mol. The van der Waals surface area contributed by atoms with Crippen molar-refractivity contribution in [2.45, 2.75) is 19.9 Å². The number of nitrogens with zero attached hydrogens (tertiary/aromatic N) is 1. The van der Waals surface area contributed by atoms with Gasteiger partial charge in [0.05, 0.1) is 0 Å². The van der Waals surface area contributed by atoms with E-state index in [1.165, 1.54) is 0 Å². The number of carbonyl (C=O) groups excluding carboxylic acids is 1. The minimum atomic E-state index is 0.0365. The van der Waals surface area contributed by atoms with Crippen LogP contribution in [0.2, 0.25) is 0 Å². The maximum absolute atomic E-state index is 11.2. The number of hydrogen-bond acceptors (Lipinski definition) is 2. The van der Waals surface area contributed by atoms with Crippen molar-refractivity contribution in [2.24, 2.45) is 11.7 Å². The summed E-state index contributed by atoms with van der Waals surface area (Å²) in [6.07, 6.45) is 0. The Bertz CT molecular complexity index is 164. The second-order valence-corrected chi connectivity index (χ2v) is 3.36. The topological polar surface area (TPSA) is 58.4 Å². The number of urea groups is 1. The summed E-state index contributed by atoms with van der Waals surface area (Å²) in [4.78, 5) is 13.0. The molecule has 2 amide bonds. The molecule has 1 saturated heterocycles. The molecule has 4 nitrogen and oxygen atoms in total. The Morgan fingerprint density at radius 2 is 2.33 bits per heavy atom. The summed E-state index contributed by atoms with van der Waals surface area (Å²) in [5.41, 5.74) is 5.68. The van der Waals surface area contributed by atoms with E-state index in [4.69, 9.17) is 5.73 Å². The van der Waals surface area contributed by atoms with Gasteiger partial charge < -0.3 is 16.0 Å². The fourth-order valence-corrected chi connectivity index (χ4v) is 1.27. The zero-order valence-electron chi connectivity index (χ0n) is 7.71. The van der Waals surface area contributed by atoms with Gasteiger partial charge in [0, 0.05) is 31.6 Å². The molecule has 0 bridgehead atoms. The van der Waals surface area contributed by atoms with E-state index in [1.54, 1.807) is 4.90 Å². The summed E-state index contributed by atoms with van der Waals surface area (Å²) in [5.74, 6) is 0.493. The highest BCUT2D eigenvalue weighted by molar-refractivity contribution is 5.74. The lowest BCUT2D eigenvalue weighted by molar-refractivity contribution is 0.109. The Morgan fingerprint density at radius 3 is 2.75 bits per heavy atom. The first-order valence-electron chi connectivity index (χ1n) is 4.43. The fourth-order valence-electron chi connectivity index (χ4n) is 1.27. The Labute approximate surface area is 73.1 Å². The van der Waals surface area contributed by atoms with Gasteiger partial charge in [-0.05, 0) is 13.8 Å². The van der Waals surface area contributed by atoms with Gasteiger partial charge in [-0.15, -0.1) is 0 Å². The molecular formula is C8H17N3O. The molecule has 1 fully saturated rings. The normalized spacial score (nSPS) is 20.1. The summed E-state index contributed by atoms with van der Waals surface area (Å²) in [5, 5.41) is 2.75. The summed E-state index contributed by atoms with van der Waals surface area (Å²) >= 11 is 0. The molecule has 0 aromatic carbocycles. The third-order valence-electron chi connectivity index (χ3n) is 2.27. The lowest BCUT2D eigenvalue weighted by Gasteiger charge is -2.41. The predicted octanol–water partition coefficient (Wildman–Crippen LogP) is -0.00510. The van der Waals surface area contributed by atoms with Gasteiger partial charge in [-0.3, -0.25) is 0 Å². The SMILES string of the molecule is CCNC(=O)N1CC(C(C)N)C1. The number of hydrogen-bond donors (Lipinski definition) is 2. The zero-order chi connectivity index (χ0) is 9.14. The van der Waals surface area contributed by atoms with Crippen LogP contribution >= 0.6 is 0 Å². The number of amides is 2. The van der Waals surface area contributed by atoms with Crippen molar-refractivity contribution >= 4 is 6.03 Å². The van der Waals surface area contributed by atoms with Crippen LogP contribution in [0.1, 0.15) is 13.8 Å². The van der Waals surface area contributed by atoms with Gasteiger partial charge >= 0.3 is 6.03 Å². The van der Waals surface area contributed by atoms with E-state index in [-0.39, 0.29) is 12.1 Å². The van der Waals surface area contributed by atoms with Crippen LogP contribution in [0.15, 0.2) is 0 Å². The van der Waals surface area contributed by atoms with Crippen molar-refractivity contribution in [3.63, 3.8) is 0 Å². The Balaban J connectivity index is 2.20. The van der Waals surface area contributed by atoms with Gasteiger partial charge in [0.25, 0.3) is 0 Å². The highest BCUT2D eigenvalue weighted by Crippen LogP contribution is 2.17. The smallest absolute Gasteiger partial charge is 0.317 e. The van der Waals surface area contributed by atoms with Gasteiger partial charge in [0.15, 0.2) is 0 Å². The zero-order valence-corrected chi connectivity index (χ0v) is 7.71. The average Bonchev–Trinajstić information content (AvgIpc) is 1.82. The first kappa shape index (κ1) is 9.32. The molecule has 0 spiro atoms. The lowest BCUT2D eigenvalue weighted by atomic mass is 9.94. The molecule has 3 N–H and O–H groups in total. The van der Waals surface area contributed by atoms with Gasteiger partial charge in [-0.1, -0.05) is 0 Å². The van der Waals surface area contributed by atoms with Crippen molar-refractivity contribution in [1.29, 1.82) is 0 Å². The maximum Gasteiger partial charge on any atom is 0.317 e. The van der Waals surface area contributed by atoms with E-state index >= 15 is 0 Å². The molecule has 12 heavy (non-hydrogen) atoms. The van der Waals surface area contributed by atoms with E-state index in [0.29, 0.717) is 12.5 Å². The first-order chi connectivity index (χ1) is 5.65. The summed E-state index contributed by atoms with van der Waals surface area (Å²) < 4.78 is 0. The van der Waals surface area contributed by atoms with Crippen LogP contribution in [-0.2, 0) is 0 Å². The van der Waals surface area contributed by atoms with Gasteiger partial charge in [-0.25, -0.2) is 4.79 Å². The van der Waals surface area contributed by atoms with Crippen molar-refractivity contribution in [2.75, 3.05) is 19.6 Å². The van der Waals surface area contributed by atoms with Crippen LogP contribution in [0.4, 0.5) is 4.79 Å². The molecule has 1 heterocycles. The van der Waals surface area contributed by atoms with Crippen LogP contribution in [0, 0.1) is 5.92 Å². The number of nitrogens with one attached hydrogen (secondary N) is 1. The molecule has 70 valence electrons. The van der Waals surface area contributed by atoms with Crippen LogP contribution in [-0.4, -0.2) is 36.6 Å². The predicted molar refractivity (Wildman–Crippen MR) is 47.8 cm³/mol. The second kappa shape index (κ2) is 3.76. The maximum atomic E-state index is 11.2. The average molecular weight is 171 g/mol. The van der Waals surface area contributed by atoms with E-state index in [0.717, 1.165) is 13.1 Å². The molecule has 1 rings (SSSR count). The molecule has 0 aromatic heterocycles. The van der Waals surface area contributed by atoms with Gasteiger partial charge in [0.2, 0.25) is 0 Å². The van der Waals surface area contributed by atoms with Crippen LogP contribution < -0.4 is 11.1 Å². The number of nitrogens with two attached hydrogens (primary N) is 1. The molecule has 0 aliphatic carbocycles. The van der Waals surface area contributed by atoms with Crippen molar-refractivity contribution in [3.8, 4) is 0 Å². The van der Waals surface area contributed by atoms with Crippen molar-refractivity contribution < 1.29 is 4.79 Å². The van der Waals surface area contributed by atoms with Crippen molar-refractivity contribution in [3.05, 3.63) is 0 Å². The van der Waals surface area contributed by atoms with Crippen LogP contribution in [0.5, 0.6) is 0 Å². The Hall–Kier alpha value is -0.770. The quantitative estimate of drug-likeness (QED) is 0.614. The summed E-state index contributed by atoms with van der Waals surface area (Å²) in [6, 6.07) is 0.241. The third-order valence-corrected chi connectivity index (χ3v) is 2.27. The molecule has 1 unspecified atom stereocenters. The van der Waals surface area contributed by atoms with Gasteiger partial charge in [-0.2, -0.15) is 0 Å². The minimum Gasteiger partial charge on any atom is -0.338 e. The van der Waals surface area contributed by atoms with E-state index in [9.17, 15) is 4.79 Å². The monoisotopic (exact) mass is 171 g/mol. The summed E-state index contributed by atoms with van der Waals surface area (Å²) in [6.45, 7) is 6.21. The summed E-state index contributed by atoms with van der Waals surface area (Å²) in [7, 11) is 0. The molecule has 1 aliphatic heterocycles. The highest BCUT2D eigenvalue weighted by atomic mass is 16.2. The number of carbonyl (C=O) groups is 1. The molecule has 0 aromatic rings. The van der Waals surface area contributed by atoms with E-state index in [2.05, 4.69) is 5.32 Å². The molecule has 0 radical (unpaired) electrons. The minimum absolute atomic E-state index is 0.0365. The fraction of sp³-hybridized carbons (Fsp3) is 0.875. The number of likely N-dealkylation sites (tertiary alicyclic amines) is 1. The third kappa shape index (κ3) is 1.88. The van der Waals surface area contributed by atoms with Crippen LogP contribution in [0.25, 0.3) is 0 Å².